The summed E-state index contributed by atoms with van der Waals surface area (Å²) in [6, 6.07) is 12.1. The van der Waals surface area contributed by atoms with Crippen molar-refractivity contribution in [1.29, 1.82) is 0 Å². The first kappa shape index (κ1) is 21.8. The number of aryl methyl sites for hydroxylation is 2. The van der Waals surface area contributed by atoms with E-state index in [9.17, 15) is 4.79 Å². The molecule has 0 bridgehead atoms. The van der Waals surface area contributed by atoms with Gasteiger partial charge in [-0.15, -0.1) is 11.3 Å². The molecule has 0 saturated heterocycles. The van der Waals surface area contributed by atoms with Crippen molar-refractivity contribution in [2.24, 2.45) is 12.8 Å². The molecule has 3 aromatic rings. The number of carbonyl (C=O) groups excluding carboxylic acids is 1. The highest BCUT2D eigenvalue weighted by Gasteiger charge is 2.22. The maximum absolute atomic E-state index is 12.2. The maximum Gasteiger partial charge on any atom is 0.262 e. The van der Waals surface area contributed by atoms with Crippen LogP contribution in [-0.4, -0.2) is 28.3 Å². The number of nitrogens with zero attached hydrogens (tertiary/aromatic N) is 2. The van der Waals surface area contributed by atoms with Crippen molar-refractivity contribution in [3.05, 3.63) is 62.0 Å². The standard InChI is InChI=1S/C12H14Br2N4OS.C7H8/c1-6(5-15)17-12(19)11-9(14)8(13)10(20-11)7-3-4-16-18(7)2;1-7-5-3-2-4-6-7/h3-4,6H,5,15H2,1-2H3,(H,17,19);2-6H,1H3. The van der Waals surface area contributed by atoms with Gasteiger partial charge in [0.05, 0.1) is 19.5 Å². The second-order valence-corrected chi connectivity index (χ2v) is 8.60. The van der Waals surface area contributed by atoms with Gasteiger partial charge in [-0.2, -0.15) is 5.10 Å². The molecule has 0 aliphatic heterocycles. The predicted octanol–water partition coefficient (Wildman–Crippen LogP) is 4.75. The summed E-state index contributed by atoms with van der Waals surface area (Å²) in [6.45, 7) is 4.36. The van der Waals surface area contributed by atoms with Gasteiger partial charge in [0.15, 0.2) is 0 Å². The summed E-state index contributed by atoms with van der Waals surface area (Å²) in [5, 5.41) is 7.01. The van der Waals surface area contributed by atoms with Crippen LogP contribution < -0.4 is 11.1 Å². The average molecular weight is 514 g/mol. The van der Waals surface area contributed by atoms with Crippen molar-refractivity contribution < 1.29 is 4.79 Å². The van der Waals surface area contributed by atoms with Crippen LogP contribution in [0.25, 0.3) is 10.6 Å². The van der Waals surface area contributed by atoms with Crippen LogP contribution in [0.5, 0.6) is 0 Å². The number of hydrogen-bond donors (Lipinski definition) is 2. The molecule has 0 saturated carbocycles. The molecule has 2 heterocycles. The van der Waals surface area contributed by atoms with E-state index < -0.39 is 0 Å². The molecule has 0 radical (unpaired) electrons. The van der Waals surface area contributed by atoms with Crippen molar-refractivity contribution in [2.45, 2.75) is 19.9 Å². The van der Waals surface area contributed by atoms with Crippen LogP contribution in [0.2, 0.25) is 0 Å². The van der Waals surface area contributed by atoms with E-state index in [1.807, 2.05) is 38.2 Å². The SMILES string of the molecule is CC(CN)NC(=O)c1sc(-c2ccnn2C)c(Br)c1Br.Cc1ccccc1. The fourth-order valence-electron chi connectivity index (χ4n) is 2.18. The molecule has 0 aliphatic rings. The van der Waals surface area contributed by atoms with E-state index in [1.165, 1.54) is 16.9 Å². The molecule has 0 fully saturated rings. The van der Waals surface area contributed by atoms with Gasteiger partial charge in [0, 0.05) is 25.8 Å². The van der Waals surface area contributed by atoms with Crippen LogP contribution in [0, 0.1) is 6.92 Å². The number of nitrogens with two attached hydrogens (primary N) is 1. The van der Waals surface area contributed by atoms with Gasteiger partial charge in [-0.3, -0.25) is 9.48 Å². The Morgan fingerprint density at radius 1 is 1.26 bits per heavy atom. The highest BCUT2D eigenvalue weighted by molar-refractivity contribution is 9.13. The fraction of sp³-hybridized carbons (Fsp3) is 0.263. The third kappa shape index (κ3) is 5.75. The Morgan fingerprint density at radius 2 is 1.93 bits per heavy atom. The second-order valence-electron chi connectivity index (χ2n) is 5.99. The molecule has 0 aliphatic carbocycles. The number of aromatic nitrogens is 2. The highest BCUT2D eigenvalue weighted by Crippen LogP contribution is 2.43. The number of rotatable bonds is 4. The minimum absolute atomic E-state index is 0.0598. The number of amides is 1. The van der Waals surface area contributed by atoms with Gasteiger partial charge < -0.3 is 11.1 Å². The lowest BCUT2D eigenvalue weighted by Gasteiger charge is -2.10. The summed E-state index contributed by atoms with van der Waals surface area (Å²) in [5.74, 6) is -0.131. The fourth-order valence-corrected chi connectivity index (χ4v) is 4.75. The summed E-state index contributed by atoms with van der Waals surface area (Å²) in [4.78, 5) is 13.8. The average Bonchev–Trinajstić information content (AvgIpc) is 3.20. The highest BCUT2D eigenvalue weighted by atomic mass is 79.9. The van der Waals surface area contributed by atoms with Crippen LogP contribution >= 0.6 is 43.2 Å². The van der Waals surface area contributed by atoms with Gasteiger partial charge in [-0.05, 0) is 51.8 Å². The molecule has 144 valence electrons. The molecule has 0 spiro atoms. The first-order chi connectivity index (χ1) is 12.8. The molecule has 1 amide bonds. The Morgan fingerprint density at radius 3 is 2.41 bits per heavy atom. The lowest BCUT2D eigenvalue weighted by atomic mass is 10.2. The molecular formula is C19H22Br2N4OS. The van der Waals surface area contributed by atoms with E-state index in [1.54, 1.807) is 10.9 Å². The Balaban J connectivity index is 0.000000313. The second kappa shape index (κ2) is 10.2. The van der Waals surface area contributed by atoms with Gasteiger partial charge >= 0.3 is 0 Å². The summed E-state index contributed by atoms with van der Waals surface area (Å²) in [7, 11) is 1.87. The minimum atomic E-state index is -0.131. The van der Waals surface area contributed by atoms with Crippen LogP contribution in [0.3, 0.4) is 0 Å². The first-order valence-corrected chi connectivity index (χ1v) is 10.7. The predicted molar refractivity (Wildman–Crippen MR) is 119 cm³/mol. The van der Waals surface area contributed by atoms with Crippen molar-refractivity contribution in [1.82, 2.24) is 15.1 Å². The van der Waals surface area contributed by atoms with Gasteiger partial charge in [-0.25, -0.2) is 0 Å². The van der Waals surface area contributed by atoms with Gasteiger partial charge in [0.1, 0.15) is 4.88 Å². The third-order valence-corrected chi connectivity index (χ3v) is 7.58. The largest absolute Gasteiger partial charge is 0.348 e. The zero-order valence-corrected chi connectivity index (χ0v) is 19.4. The third-order valence-electron chi connectivity index (χ3n) is 3.73. The number of benzene rings is 1. The van der Waals surface area contributed by atoms with E-state index in [4.69, 9.17) is 5.73 Å². The zero-order valence-electron chi connectivity index (χ0n) is 15.4. The Kier molecular flexibility index (Phi) is 8.22. The molecule has 1 aromatic carbocycles. The van der Waals surface area contributed by atoms with E-state index in [0.29, 0.717) is 11.4 Å². The molecule has 8 heteroatoms. The Bertz CT molecular complexity index is 893. The quantitative estimate of drug-likeness (QED) is 0.528. The van der Waals surface area contributed by atoms with Gasteiger partial charge in [0.2, 0.25) is 0 Å². The van der Waals surface area contributed by atoms with Crippen LogP contribution in [0.4, 0.5) is 0 Å². The molecule has 5 nitrogen and oxygen atoms in total. The van der Waals surface area contributed by atoms with Gasteiger partial charge in [-0.1, -0.05) is 35.9 Å². The normalized spacial score (nSPS) is 11.5. The molecular weight excluding hydrogens is 492 g/mol. The zero-order chi connectivity index (χ0) is 20.0. The smallest absolute Gasteiger partial charge is 0.262 e. The van der Waals surface area contributed by atoms with E-state index in [-0.39, 0.29) is 11.9 Å². The van der Waals surface area contributed by atoms with Crippen molar-refractivity contribution in [3.8, 4) is 10.6 Å². The Labute approximate surface area is 180 Å². The molecule has 3 N–H and O–H groups in total. The van der Waals surface area contributed by atoms with Gasteiger partial charge in [0.25, 0.3) is 5.91 Å². The topological polar surface area (TPSA) is 72.9 Å². The van der Waals surface area contributed by atoms with Crippen molar-refractivity contribution in [2.75, 3.05) is 6.54 Å². The summed E-state index contributed by atoms with van der Waals surface area (Å²) in [5.41, 5.74) is 7.80. The number of carbonyl (C=O) groups is 1. The minimum Gasteiger partial charge on any atom is -0.348 e. The lowest BCUT2D eigenvalue weighted by molar-refractivity contribution is 0.0944. The molecule has 1 atom stereocenters. The molecule has 1 unspecified atom stereocenters. The molecule has 2 aromatic heterocycles. The van der Waals surface area contributed by atoms with Crippen LogP contribution in [0.1, 0.15) is 22.2 Å². The van der Waals surface area contributed by atoms with E-state index in [2.05, 4.69) is 61.3 Å². The van der Waals surface area contributed by atoms with E-state index in [0.717, 1.165) is 19.5 Å². The monoisotopic (exact) mass is 512 g/mol. The number of halogens is 2. The summed E-state index contributed by atoms with van der Waals surface area (Å²) >= 11 is 8.40. The molecule has 3 rings (SSSR count). The first-order valence-electron chi connectivity index (χ1n) is 8.33. The summed E-state index contributed by atoms with van der Waals surface area (Å²) < 4.78 is 3.38. The van der Waals surface area contributed by atoms with Crippen LogP contribution in [-0.2, 0) is 7.05 Å². The summed E-state index contributed by atoms with van der Waals surface area (Å²) in [6.07, 6.45) is 1.73. The molecule has 27 heavy (non-hydrogen) atoms. The Hall–Kier alpha value is -1.48. The number of nitrogens with one attached hydrogen (secondary N) is 1. The van der Waals surface area contributed by atoms with Crippen LogP contribution in [0.15, 0.2) is 51.5 Å². The number of thiophene rings is 1. The van der Waals surface area contributed by atoms with Crippen molar-refractivity contribution >= 4 is 49.1 Å². The van der Waals surface area contributed by atoms with E-state index >= 15 is 0 Å². The maximum atomic E-state index is 12.2. The lowest BCUT2D eigenvalue weighted by Crippen LogP contribution is -2.37. The number of hydrogen-bond acceptors (Lipinski definition) is 4. The van der Waals surface area contributed by atoms with Crippen molar-refractivity contribution in [3.63, 3.8) is 0 Å².